The van der Waals surface area contributed by atoms with Crippen molar-refractivity contribution in [2.45, 2.75) is 12.5 Å². The zero-order chi connectivity index (χ0) is 13.1. The van der Waals surface area contributed by atoms with Gasteiger partial charge in [0, 0.05) is 17.7 Å². The fourth-order valence-corrected chi connectivity index (χ4v) is 2.29. The molecule has 4 nitrogen and oxygen atoms in total. The summed E-state index contributed by atoms with van der Waals surface area (Å²) in [5.41, 5.74) is 8.13. The van der Waals surface area contributed by atoms with Crippen LogP contribution in [0.4, 0.5) is 0 Å². The van der Waals surface area contributed by atoms with Crippen molar-refractivity contribution in [2.75, 3.05) is 7.11 Å². The molecule has 1 atom stereocenters. The van der Waals surface area contributed by atoms with E-state index in [4.69, 9.17) is 10.5 Å². The van der Waals surface area contributed by atoms with Crippen molar-refractivity contribution in [3.8, 4) is 5.75 Å². The van der Waals surface area contributed by atoms with Crippen LogP contribution in [0.3, 0.4) is 0 Å². The van der Waals surface area contributed by atoms with Crippen LogP contribution >= 0.6 is 15.9 Å². The van der Waals surface area contributed by atoms with Crippen LogP contribution in [0.5, 0.6) is 5.75 Å². The van der Waals surface area contributed by atoms with E-state index in [0.29, 0.717) is 6.42 Å². The Bertz CT molecular complexity index is 539. The Morgan fingerprint density at radius 3 is 2.83 bits per heavy atom. The number of rotatable bonds is 4. The monoisotopic (exact) mass is 309 g/mol. The maximum absolute atomic E-state index is 6.17. The number of halogens is 1. The van der Waals surface area contributed by atoms with Crippen LogP contribution in [-0.2, 0) is 13.5 Å². The molecule has 96 valence electrons. The summed E-state index contributed by atoms with van der Waals surface area (Å²) >= 11 is 3.46. The molecule has 0 saturated carbocycles. The highest BCUT2D eigenvalue weighted by atomic mass is 79.9. The molecule has 0 spiro atoms. The number of benzene rings is 1. The summed E-state index contributed by atoms with van der Waals surface area (Å²) < 4.78 is 8.12. The average molecular weight is 310 g/mol. The fraction of sp³-hybridized carbons (Fsp3) is 0.308. The van der Waals surface area contributed by atoms with E-state index in [0.717, 1.165) is 21.5 Å². The van der Waals surface area contributed by atoms with Crippen LogP contribution in [0, 0.1) is 0 Å². The summed E-state index contributed by atoms with van der Waals surface area (Å²) in [6.07, 6.45) is 2.59. The molecule has 0 saturated heterocycles. The molecule has 1 aromatic carbocycles. The second-order valence-corrected chi connectivity index (χ2v) is 5.10. The fourth-order valence-electron chi connectivity index (χ4n) is 1.88. The minimum absolute atomic E-state index is 0.130. The van der Waals surface area contributed by atoms with Crippen molar-refractivity contribution in [1.82, 2.24) is 9.78 Å². The number of nitrogens with zero attached hydrogens (tertiary/aromatic N) is 2. The minimum Gasteiger partial charge on any atom is -0.496 e. The van der Waals surface area contributed by atoms with Gasteiger partial charge >= 0.3 is 0 Å². The van der Waals surface area contributed by atoms with Gasteiger partial charge < -0.3 is 10.5 Å². The zero-order valence-electron chi connectivity index (χ0n) is 10.4. The lowest BCUT2D eigenvalue weighted by atomic mass is 10.0. The first-order valence-corrected chi connectivity index (χ1v) is 6.47. The summed E-state index contributed by atoms with van der Waals surface area (Å²) in [5.74, 6) is 0.851. The molecule has 2 rings (SSSR count). The zero-order valence-corrected chi connectivity index (χ0v) is 12.0. The molecular weight excluding hydrogens is 294 g/mol. The molecule has 0 aliphatic rings. The smallest absolute Gasteiger partial charge is 0.122 e. The lowest BCUT2D eigenvalue weighted by Gasteiger charge is -2.13. The van der Waals surface area contributed by atoms with Crippen LogP contribution in [0.2, 0.25) is 0 Å². The van der Waals surface area contributed by atoms with E-state index >= 15 is 0 Å². The number of nitrogens with two attached hydrogens (primary N) is 1. The van der Waals surface area contributed by atoms with Gasteiger partial charge in [0.2, 0.25) is 0 Å². The number of hydrogen-bond donors (Lipinski definition) is 1. The first kappa shape index (κ1) is 13.1. The Morgan fingerprint density at radius 2 is 2.22 bits per heavy atom. The Hall–Kier alpha value is -1.33. The molecule has 2 aromatic rings. The summed E-state index contributed by atoms with van der Waals surface area (Å²) in [6, 6.07) is 7.73. The van der Waals surface area contributed by atoms with E-state index in [9.17, 15) is 0 Å². The SMILES string of the molecule is COc1ccc(Br)cc1CC(N)c1ccn(C)n1. The molecule has 1 unspecified atom stereocenters. The second-order valence-electron chi connectivity index (χ2n) is 4.18. The normalized spacial score (nSPS) is 12.4. The van der Waals surface area contributed by atoms with Crippen LogP contribution in [0.15, 0.2) is 34.9 Å². The Kier molecular flexibility index (Phi) is 4.04. The third-order valence-electron chi connectivity index (χ3n) is 2.80. The molecule has 0 bridgehead atoms. The van der Waals surface area contributed by atoms with Gasteiger partial charge in [0.25, 0.3) is 0 Å². The number of methoxy groups -OCH3 is 1. The van der Waals surface area contributed by atoms with Crippen molar-refractivity contribution in [3.63, 3.8) is 0 Å². The van der Waals surface area contributed by atoms with Gasteiger partial charge in [0.1, 0.15) is 5.75 Å². The van der Waals surface area contributed by atoms with E-state index in [1.807, 2.05) is 37.5 Å². The van der Waals surface area contributed by atoms with Crippen LogP contribution < -0.4 is 10.5 Å². The van der Waals surface area contributed by atoms with Gasteiger partial charge in [-0.15, -0.1) is 0 Å². The molecule has 0 fully saturated rings. The summed E-state index contributed by atoms with van der Waals surface area (Å²) in [6.45, 7) is 0. The molecule has 2 N–H and O–H groups in total. The molecular formula is C13H16BrN3O. The van der Waals surface area contributed by atoms with Gasteiger partial charge in [0.15, 0.2) is 0 Å². The molecule has 18 heavy (non-hydrogen) atoms. The molecule has 1 heterocycles. The van der Waals surface area contributed by atoms with Gasteiger partial charge in [-0.25, -0.2) is 0 Å². The summed E-state index contributed by atoms with van der Waals surface area (Å²) in [5, 5.41) is 4.32. The number of aryl methyl sites for hydroxylation is 1. The predicted octanol–water partition coefficient (Wildman–Crippen LogP) is 2.43. The summed E-state index contributed by atoms with van der Waals surface area (Å²) in [4.78, 5) is 0. The number of aromatic nitrogens is 2. The molecule has 0 aliphatic carbocycles. The third kappa shape index (κ3) is 2.91. The van der Waals surface area contributed by atoms with Crippen LogP contribution in [0.25, 0.3) is 0 Å². The van der Waals surface area contributed by atoms with Crippen molar-refractivity contribution in [1.29, 1.82) is 0 Å². The lowest BCUT2D eigenvalue weighted by molar-refractivity contribution is 0.408. The van der Waals surface area contributed by atoms with Gasteiger partial charge in [-0.2, -0.15) is 5.10 Å². The molecule has 0 aliphatic heterocycles. The second kappa shape index (κ2) is 5.54. The molecule has 0 radical (unpaired) electrons. The lowest BCUT2D eigenvalue weighted by Crippen LogP contribution is -2.15. The number of ether oxygens (including phenoxy) is 1. The largest absolute Gasteiger partial charge is 0.496 e. The van der Waals surface area contributed by atoms with Crippen molar-refractivity contribution in [2.24, 2.45) is 12.8 Å². The average Bonchev–Trinajstić information content (AvgIpc) is 2.76. The van der Waals surface area contributed by atoms with Crippen molar-refractivity contribution < 1.29 is 4.74 Å². The van der Waals surface area contributed by atoms with E-state index in [2.05, 4.69) is 21.0 Å². The maximum atomic E-state index is 6.17. The van der Waals surface area contributed by atoms with Crippen molar-refractivity contribution >= 4 is 15.9 Å². The maximum Gasteiger partial charge on any atom is 0.122 e. The van der Waals surface area contributed by atoms with Gasteiger partial charge in [-0.3, -0.25) is 4.68 Å². The highest BCUT2D eigenvalue weighted by Crippen LogP contribution is 2.26. The van der Waals surface area contributed by atoms with Gasteiger partial charge in [-0.1, -0.05) is 15.9 Å². The number of hydrogen-bond acceptors (Lipinski definition) is 3. The van der Waals surface area contributed by atoms with Gasteiger partial charge in [-0.05, 0) is 36.2 Å². The molecule has 1 aromatic heterocycles. The highest BCUT2D eigenvalue weighted by molar-refractivity contribution is 9.10. The van der Waals surface area contributed by atoms with Crippen molar-refractivity contribution in [3.05, 3.63) is 46.2 Å². The third-order valence-corrected chi connectivity index (χ3v) is 3.29. The molecule has 5 heteroatoms. The van der Waals surface area contributed by atoms with E-state index in [1.165, 1.54) is 0 Å². The molecule has 0 amide bonds. The van der Waals surface area contributed by atoms with E-state index in [1.54, 1.807) is 11.8 Å². The Balaban J connectivity index is 2.20. The standard InChI is InChI=1S/C13H16BrN3O/c1-17-6-5-12(16-17)11(15)8-9-7-10(14)3-4-13(9)18-2/h3-7,11H,8,15H2,1-2H3. The quantitative estimate of drug-likeness (QED) is 0.943. The van der Waals surface area contributed by atoms with Gasteiger partial charge in [0.05, 0.1) is 18.8 Å². The summed E-state index contributed by atoms with van der Waals surface area (Å²) in [7, 11) is 3.55. The predicted molar refractivity (Wildman–Crippen MR) is 74.5 cm³/mol. The van der Waals surface area contributed by atoms with E-state index < -0.39 is 0 Å². The Morgan fingerprint density at radius 1 is 1.44 bits per heavy atom. The topological polar surface area (TPSA) is 53.1 Å². The van der Waals surface area contributed by atoms with E-state index in [-0.39, 0.29) is 6.04 Å². The van der Waals surface area contributed by atoms with Crippen LogP contribution in [0.1, 0.15) is 17.3 Å². The Labute approximate surface area is 115 Å². The first-order valence-electron chi connectivity index (χ1n) is 5.67. The minimum atomic E-state index is -0.130. The first-order chi connectivity index (χ1) is 8.60. The van der Waals surface area contributed by atoms with Crippen LogP contribution in [-0.4, -0.2) is 16.9 Å². The highest BCUT2D eigenvalue weighted by Gasteiger charge is 2.13.